The first-order valence-electron chi connectivity index (χ1n) is 9.01. The summed E-state index contributed by atoms with van der Waals surface area (Å²) in [5, 5.41) is 3.16. The Morgan fingerprint density at radius 3 is 2.33 bits per heavy atom. The van der Waals surface area contributed by atoms with Crippen molar-refractivity contribution in [2.45, 2.75) is 31.1 Å². The topological polar surface area (TPSA) is 68.9 Å². The molecule has 1 aliphatic carbocycles. The molecular weight excluding hydrogens is 453 g/mol. The summed E-state index contributed by atoms with van der Waals surface area (Å²) in [6.07, 6.45) is 4.62. The van der Waals surface area contributed by atoms with Crippen LogP contribution in [0.3, 0.4) is 0 Å². The Morgan fingerprint density at radius 1 is 1.04 bits per heavy atom. The maximum Gasteiger partial charge on any atom is 0.193 e. The minimum Gasteiger partial charge on any atom is -0.497 e. The van der Waals surface area contributed by atoms with Gasteiger partial charge in [-0.1, -0.05) is 31.0 Å². The van der Waals surface area contributed by atoms with Gasteiger partial charge in [0.1, 0.15) is 11.5 Å². The lowest BCUT2D eigenvalue weighted by molar-refractivity contribution is 0.378. The number of halogens is 1. The maximum absolute atomic E-state index is 6.14. The molecule has 5 nitrogen and oxygen atoms in total. The van der Waals surface area contributed by atoms with Crippen molar-refractivity contribution in [3.63, 3.8) is 0 Å². The molecule has 0 saturated heterocycles. The molecule has 0 amide bonds. The number of rotatable bonds is 6. The fourth-order valence-electron chi connectivity index (χ4n) is 3.75. The van der Waals surface area contributed by atoms with E-state index >= 15 is 0 Å². The van der Waals surface area contributed by atoms with Crippen molar-refractivity contribution in [2.75, 3.05) is 26.1 Å². The van der Waals surface area contributed by atoms with Gasteiger partial charge >= 0.3 is 0 Å². The lowest BCUT2D eigenvalue weighted by Gasteiger charge is -2.29. The molecule has 0 aromatic heterocycles. The minimum absolute atomic E-state index is 0. The highest BCUT2D eigenvalue weighted by molar-refractivity contribution is 14.0. The van der Waals surface area contributed by atoms with Gasteiger partial charge in [0.2, 0.25) is 0 Å². The predicted molar refractivity (Wildman–Crippen MR) is 122 cm³/mol. The largest absolute Gasteiger partial charge is 0.497 e. The van der Waals surface area contributed by atoms with Crippen LogP contribution in [0.25, 0.3) is 0 Å². The Balaban J connectivity index is 0.00000261. The molecule has 27 heavy (non-hydrogen) atoms. The number of benzene rings is 2. The molecule has 0 heterocycles. The molecule has 0 radical (unpaired) electrons. The zero-order valence-corrected chi connectivity index (χ0v) is 18.2. The minimum atomic E-state index is -0.00118. The van der Waals surface area contributed by atoms with Crippen LogP contribution in [0, 0.1) is 0 Å². The van der Waals surface area contributed by atoms with Gasteiger partial charge in [-0.2, -0.15) is 0 Å². The van der Waals surface area contributed by atoms with Gasteiger partial charge in [-0.25, -0.2) is 0 Å². The van der Waals surface area contributed by atoms with Crippen LogP contribution in [0.4, 0.5) is 5.69 Å². The number of nitrogens with one attached hydrogen (secondary N) is 1. The van der Waals surface area contributed by atoms with Crippen molar-refractivity contribution in [1.82, 2.24) is 0 Å². The second kappa shape index (κ2) is 9.82. The third-order valence-corrected chi connectivity index (χ3v) is 5.15. The van der Waals surface area contributed by atoms with Crippen LogP contribution in [-0.2, 0) is 5.41 Å². The van der Waals surface area contributed by atoms with Gasteiger partial charge in [0.25, 0.3) is 0 Å². The summed E-state index contributed by atoms with van der Waals surface area (Å²) in [5.41, 5.74) is 8.27. The number of nitrogens with two attached hydrogens (primary N) is 1. The van der Waals surface area contributed by atoms with Gasteiger partial charge in [-0.3, -0.25) is 4.99 Å². The lowest BCUT2D eigenvalue weighted by atomic mass is 9.78. The normalized spacial score (nSPS) is 15.7. The van der Waals surface area contributed by atoms with E-state index in [2.05, 4.69) is 22.4 Å². The summed E-state index contributed by atoms with van der Waals surface area (Å²) < 4.78 is 10.8. The van der Waals surface area contributed by atoms with Crippen LogP contribution in [-0.4, -0.2) is 26.7 Å². The Bertz CT molecular complexity index is 756. The second-order valence-electron chi connectivity index (χ2n) is 6.74. The first-order valence-corrected chi connectivity index (χ1v) is 9.01. The molecule has 1 fully saturated rings. The molecule has 3 N–H and O–H groups in total. The number of hydrogen-bond acceptors (Lipinski definition) is 3. The fourth-order valence-corrected chi connectivity index (χ4v) is 3.75. The van der Waals surface area contributed by atoms with Crippen molar-refractivity contribution >= 4 is 35.6 Å². The second-order valence-corrected chi connectivity index (χ2v) is 6.74. The highest BCUT2D eigenvalue weighted by Crippen LogP contribution is 2.44. The summed E-state index contributed by atoms with van der Waals surface area (Å²) in [6, 6.07) is 15.9. The van der Waals surface area contributed by atoms with E-state index in [1.807, 2.05) is 36.4 Å². The quantitative estimate of drug-likeness (QED) is 0.361. The number of hydrogen-bond donors (Lipinski definition) is 2. The lowest BCUT2D eigenvalue weighted by Crippen LogP contribution is -2.30. The Hall–Kier alpha value is -1.96. The highest BCUT2D eigenvalue weighted by atomic mass is 127. The molecule has 1 saturated carbocycles. The molecule has 0 spiro atoms. The summed E-state index contributed by atoms with van der Waals surface area (Å²) >= 11 is 0. The number of nitrogens with zero attached hydrogens (tertiary/aromatic N) is 1. The summed E-state index contributed by atoms with van der Waals surface area (Å²) in [5.74, 6) is 2.18. The van der Waals surface area contributed by atoms with E-state index in [4.69, 9.17) is 15.2 Å². The summed E-state index contributed by atoms with van der Waals surface area (Å²) in [4.78, 5) is 4.66. The average molecular weight is 481 g/mol. The maximum atomic E-state index is 6.14. The first kappa shape index (κ1) is 21.3. The van der Waals surface area contributed by atoms with Crippen molar-refractivity contribution in [3.05, 3.63) is 54.1 Å². The van der Waals surface area contributed by atoms with Gasteiger partial charge in [0.15, 0.2) is 5.96 Å². The number of aliphatic imine (C=N–C) groups is 1. The number of para-hydroxylation sites is 1. The van der Waals surface area contributed by atoms with Crippen LogP contribution >= 0.6 is 24.0 Å². The SMILES string of the molecule is COc1ccc(NC(N)=NCC2(c3ccccc3OC)CCCC2)cc1.I. The molecule has 1 aliphatic rings. The highest BCUT2D eigenvalue weighted by Gasteiger charge is 2.37. The molecule has 0 unspecified atom stereocenters. The van der Waals surface area contributed by atoms with Crippen LogP contribution in [0.2, 0.25) is 0 Å². The van der Waals surface area contributed by atoms with Crippen LogP contribution in [0.5, 0.6) is 11.5 Å². The standard InChI is InChI=1S/C21H27N3O2.HI/c1-25-17-11-9-16(10-12-17)24-20(22)23-15-21(13-5-6-14-21)18-7-3-4-8-19(18)26-2;/h3-4,7-12H,5-6,13-15H2,1-2H3,(H3,22,23,24);1H. The van der Waals surface area contributed by atoms with Gasteiger partial charge in [0, 0.05) is 16.7 Å². The van der Waals surface area contributed by atoms with Crippen molar-refractivity contribution < 1.29 is 9.47 Å². The molecular formula is C21H28IN3O2. The van der Waals surface area contributed by atoms with E-state index in [1.54, 1.807) is 14.2 Å². The molecule has 6 heteroatoms. The Kier molecular flexibility index (Phi) is 7.77. The number of methoxy groups -OCH3 is 2. The van der Waals surface area contributed by atoms with Gasteiger partial charge in [-0.15, -0.1) is 24.0 Å². The number of guanidine groups is 1. The van der Waals surface area contributed by atoms with E-state index in [1.165, 1.54) is 18.4 Å². The molecule has 146 valence electrons. The fraction of sp³-hybridized carbons (Fsp3) is 0.381. The van der Waals surface area contributed by atoms with Crippen LogP contribution in [0.1, 0.15) is 31.2 Å². The molecule has 0 aliphatic heterocycles. The summed E-state index contributed by atoms with van der Waals surface area (Å²) in [6.45, 7) is 0.655. The van der Waals surface area contributed by atoms with E-state index in [0.29, 0.717) is 12.5 Å². The van der Waals surface area contributed by atoms with Crippen LogP contribution < -0.4 is 20.5 Å². The zero-order chi connectivity index (χ0) is 18.4. The van der Waals surface area contributed by atoms with E-state index in [0.717, 1.165) is 30.0 Å². The van der Waals surface area contributed by atoms with E-state index in [-0.39, 0.29) is 29.4 Å². The molecule has 2 aromatic rings. The van der Waals surface area contributed by atoms with E-state index in [9.17, 15) is 0 Å². The molecule has 0 atom stereocenters. The van der Waals surface area contributed by atoms with Gasteiger partial charge < -0.3 is 20.5 Å². The Morgan fingerprint density at radius 2 is 1.70 bits per heavy atom. The molecule has 0 bridgehead atoms. The van der Waals surface area contributed by atoms with Gasteiger partial charge in [0.05, 0.1) is 20.8 Å². The van der Waals surface area contributed by atoms with Crippen molar-refractivity contribution in [1.29, 1.82) is 0 Å². The average Bonchev–Trinajstić information content (AvgIpc) is 3.17. The molecule has 2 aromatic carbocycles. The van der Waals surface area contributed by atoms with Gasteiger partial charge in [-0.05, 0) is 43.2 Å². The zero-order valence-electron chi connectivity index (χ0n) is 15.9. The summed E-state index contributed by atoms with van der Waals surface area (Å²) in [7, 11) is 3.38. The number of anilines is 1. The van der Waals surface area contributed by atoms with E-state index < -0.39 is 0 Å². The smallest absolute Gasteiger partial charge is 0.193 e. The van der Waals surface area contributed by atoms with Crippen molar-refractivity contribution in [2.24, 2.45) is 10.7 Å². The molecule has 3 rings (SSSR count). The first-order chi connectivity index (χ1) is 12.7. The van der Waals surface area contributed by atoms with Crippen molar-refractivity contribution in [3.8, 4) is 11.5 Å². The number of ether oxygens (including phenoxy) is 2. The third kappa shape index (κ3) is 5.06. The Labute approximate surface area is 178 Å². The monoisotopic (exact) mass is 481 g/mol. The predicted octanol–water partition coefficient (Wildman–Crippen LogP) is 4.56. The third-order valence-electron chi connectivity index (χ3n) is 5.15. The van der Waals surface area contributed by atoms with Crippen LogP contribution in [0.15, 0.2) is 53.5 Å².